The SMILES string of the molecule is COc1cc(/C=C/C(=O)Nc2cc(S(=O)(=O)N3CCCCC3)ccc2C)cc2c1OCCO2. The minimum absolute atomic E-state index is 0.186. The van der Waals surface area contributed by atoms with Crippen molar-refractivity contribution < 1.29 is 27.4 Å². The molecule has 2 aliphatic heterocycles. The molecule has 2 heterocycles. The van der Waals surface area contributed by atoms with Crippen LogP contribution in [0.3, 0.4) is 0 Å². The second kappa shape index (κ2) is 9.84. The number of anilines is 1. The Morgan fingerprint density at radius 2 is 1.85 bits per heavy atom. The highest BCUT2D eigenvalue weighted by Crippen LogP contribution is 2.40. The lowest BCUT2D eigenvalue weighted by atomic mass is 10.1. The number of piperidine rings is 1. The predicted octanol–water partition coefficient (Wildman–Crippen LogP) is 3.60. The molecule has 0 atom stereocenters. The van der Waals surface area contributed by atoms with E-state index in [0.717, 1.165) is 24.8 Å². The minimum atomic E-state index is -3.58. The van der Waals surface area contributed by atoms with Crippen LogP contribution in [0.15, 0.2) is 41.3 Å². The number of fused-ring (bicyclic) bond motifs is 1. The zero-order valence-electron chi connectivity index (χ0n) is 18.8. The summed E-state index contributed by atoms with van der Waals surface area (Å²) in [4.78, 5) is 12.8. The van der Waals surface area contributed by atoms with Gasteiger partial charge in [-0.25, -0.2) is 8.42 Å². The zero-order valence-corrected chi connectivity index (χ0v) is 19.6. The summed E-state index contributed by atoms with van der Waals surface area (Å²) in [5.74, 6) is 1.26. The van der Waals surface area contributed by atoms with Gasteiger partial charge in [0.2, 0.25) is 21.7 Å². The van der Waals surface area contributed by atoms with E-state index in [1.807, 2.05) is 6.92 Å². The van der Waals surface area contributed by atoms with E-state index in [-0.39, 0.29) is 10.8 Å². The Balaban J connectivity index is 1.51. The van der Waals surface area contributed by atoms with E-state index in [1.54, 1.807) is 37.5 Å². The molecule has 1 N–H and O–H groups in total. The first-order valence-corrected chi connectivity index (χ1v) is 12.4. The van der Waals surface area contributed by atoms with E-state index in [2.05, 4.69) is 5.32 Å². The molecule has 0 aromatic heterocycles. The summed E-state index contributed by atoms with van der Waals surface area (Å²) >= 11 is 0. The second-order valence-corrected chi connectivity index (χ2v) is 9.95. The molecule has 0 aliphatic carbocycles. The van der Waals surface area contributed by atoms with Crippen molar-refractivity contribution in [2.75, 3.05) is 38.7 Å². The van der Waals surface area contributed by atoms with Gasteiger partial charge in [0.25, 0.3) is 0 Å². The lowest BCUT2D eigenvalue weighted by molar-refractivity contribution is -0.111. The van der Waals surface area contributed by atoms with Gasteiger partial charge >= 0.3 is 0 Å². The highest BCUT2D eigenvalue weighted by molar-refractivity contribution is 7.89. The van der Waals surface area contributed by atoms with Crippen molar-refractivity contribution >= 4 is 27.7 Å². The van der Waals surface area contributed by atoms with Crippen LogP contribution in [0.5, 0.6) is 17.2 Å². The average molecular weight is 473 g/mol. The minimum Gasteiger partial charge on any atom is -0.493 e. The first-order valence-electron chi connectivity index (χ1n) is 11.0. The summed E-state index contributed by atoms with van der Waals surface area (Å²) in [6, 6.07) is 8.36. The topological polar surface area (TPSA) is 94.2 Å². The number of carbonyl (C=O) groups excluding carboxylic acids is 1. The van der Waals surface area contributed by atoms with Gasteiger partial charge in [-0.15, -0.1) is 0 Å². The Hall–Kier alpha value is -3.04. The predicted molar refractivity (Wildman–Crippen MR) is 125 cm³/mol. The molecule has 1 saturated heterocycles. The first kappa shape index (κ1) is 23.1. The molecule has 33 heavy (non-hydrogen) atoms. The van der Waals surface area contributed by atoms with Crippen LogP contribution in [0.2, 0.25) is 0 Å². The quantitative estimate of drug-likeness (QED) is 0.646. The molecule has 1 amide bonds. The van der Waals surface area contributed by atoms with Gasteiger partial charge < -0.3 is 19.5 Å². The van der Waals surface area contributed by atoms with Gasteiger partial charge in [-0.3, -0.25) is 4.79 Å². The van der Waals surface area contributed by atoms with Gasteiger partial charge in [-0.05, 0) is 61.2 Å². The first-order chi connectivity index (χ1) is 15.9. The monoisotopic (exact) mass is 472 g/mol. The van der Waals surface area contributed by atoms with Crippen LogP contribution < -0.4 is 19.5 Å². The number of methoxy groups -OCH3 is 1. The van der Waals surface area contributed by atoms with Crippen LogP contribution in [-0.2, 0) is 14.8 Å². The summed E-state index contributed by atoms with van der Waals surface area (Å²) in [7, 11) is -2.04. The van der Waals surface area contributed by atoms with E-state index in [0.29, 0.717) is 54.8 Å². The number of ether oxygens (including phenoxy) is 3. The van der Waals surface area contributed by atoms with E-state index in [4.69, 9.17) is 14.2 Å². The Kier molecular flexibility index (Phi) is 6.90. The Morgan fingerprint density at radius 1 is 1.09 bits per heavy atom. The van der Waals surface area contributed by atoms with Crippen molar-refractivity contribution in [2.24, 2.45) is 0 Å². The molecule has 9 heteroatoms. The average Bonchev–Trinajstić information content (AvgIpc) is 2.84. The third-order valence-electron chi connectivity index (χ3n) is 5.70. The van der Waals surface area contributed by atoms with Crippen molar-refractivity contribution in [3.63, 3.8) is 0 Å². The molecule has 2 aliphatic rings. The number of hydrogen-bond acceptors (Lipinski definition) is 6. The molecule has 2 aromatic carbocycles. The van der Waals surface area contributed by atoms with Crippen LogP contribution >= 0.6 is 0 Å². The second-order valence-electron chi connectivity index (χ2n) is 8.01. The third-order valence-corrected chi connectivity index (χ3v) is 7.59. The van der Waals surface area contributed by atoms with Gasteiger partial charge in [0.15, 0.2) is 11.5 Å². The summed E-state index contributed by atoms with van der Waals surface area (Å²) in [5, 5.41) is 2.79. The van der Waals surface area contributed by atoms with Crippen LogP contribution in [0, 0.1) is 6.92 Å². The number of aryl methyl sites for hydroxylation is 1. The maximum Gasteiger partial charge on any atom is 0.248 e. The highest BCUT2D eigenvalue weighted by atomic mass is 32.2. The molecule has 0 saturated carbocycles. The van der Waals surface area contributed by atoms with Gasteiger partial charge in [0.05, 0.1) is 12.0 Å². The van der Waals surface area contributed by atoms with Gasteiger partial charge in [0.1, 0.15) is 13.2 Å². The van der Waals surface area contributed by atoms with Crippen molar-refractivity contribution in [1.29, 1.82) is 0 Å². The van der Waals surface area contributed by atoms with E-state index in [9.17, 15) is 13.2 Å². The van der Waals surface area contributed by atoms with E-state index >= 15 is 0 Å². The van der Waals surface area contributed by atoms with Crippen molar-refractivity contribution in [3.8, 4) is 17.2 Å². The normalized spacial score (nSPS) is 16.5. The zero-order chi connectivity index (χ0) is 23.4. The number of hydrogen-bond donors (Lipinski definition) is 1. The van der Waals surface area contributed by atoms with Crippen LogP contribution in [-0.4, -0.2) is 52.0 Å². The van der Waals surface area contributed by atoms with Crippen molar-refractivity contribution in [2.45, 2.75) is 31.1 Å². The third kappa shape index (κ3) is 5.15. The van der Waals surface area contributed by atoms with Crippen molar-refractivity contribution in [3.05, 3.63) is 47.5 Å². The van der Waals surface area contributed by atoms with Gasteiger partial charge in [-0.1, -0.05) is 12.5 Å². The summed E-state index contributed by atoms with van der Waals surface area (Å²) in [6.07, 6.45) is 5.80. The van der Waals surface area contributed by atoms with Gasteiger partial charge in [0, 0.05) is 24.9 Å². The Bertz CT molecular complexity index is 1150. The molecular weight excluding hydrogens is 444 g/mol. The number of nitrogens with one attached hydrogen (secondary N) is 1. The number of carbonyl (C=O) groups is 1. The molecule has 0 spiro atoms. The van der Waals surface area contributed by atoms with Crippen LogP contribution in [0.1, 0.15) is 30.4 Å². The Morgan fingerprint density at radius 3 is 2.61 bits per heavy atom. The fourth-order valence-corrected chi connectivity index (χ4v) is 5.43. The molecular formula is C24H28N2O6S. The molecule has 1 fully saturated rings. The molecule has 0 unspecified atom stereocenters. The molecule has 176 valence electrons. The van der Waals surface area contributed by atoms with Crippen molar-refractivity contribution in [1.82, 2.24) is 4.31 Å². The maximum absolute atomic E-state index is 13.0. The Labute approximate surface area is 194 Å². The number of benzene rings is 2. The van der Waals surface area contributed by atoms with Crippen LogP contribution in [0.25, 0.3) is 6.08 Å². The molecule has 2 aromatic rings. The standard InChI is InChI=1S/C24H28N2O6S/c1-17-6-8-19(33(28,29)26-10-4-3-5-11-26)16-20(17)25-23(27)9-7-18-14-21(30-2)24-22(15-18)31-12-13-32-24/h6-9,14-16H,3-5,10-13H2,1-2H3,(H,25,27)/b9-7+. The van der Waals surface area contributed by atoms with Crippen LogP contribution in [0.4, 0.5) is 5.69 Å². The number of rotatable bonds is 6. The fourth-order valence-electron chi connectivity index (χ4n) is 3.89. The lowest BCUT2D eigenvalue weighted by Crippen LogP contribution is -2.35. The molecule has 0 bridgehead atoms. The largest absolute Gasteiger partial charge is 0.493 e. The molecule has 0 radical (unpaired) electrons. The number of nitrogens with zero attached hydrogens (tertiary/aromatic N) is 1. The van der Waals surface area contributed by atoms with Gasteiger partial charge in [-0.2, -0.15) is 4.31 Å². The fraction of sp³-hybridized carbons (Fsp3) is 0.375. The lowest BCUT2D eigenvalue weighted by Gasteiger charge is -2.26. The summed E-state index contributed by atoms with van der Waals surface area (Å²) < 4.78 is 44.1. The smallest absolute Gasteiger partial charge is 0.248 e. The highest BCUT2D eigenvalue weighted by Gasteiger charge is 2.26. The maximum atomic E-state index is 13.0. The van der Waals surface area contributed by atoms with E-state index in [1.165, 1.54) is 16.4 Å². The summed E-state index contributed by atoms with van der Waals surface area (Å²) in [5.41, 5.74) is 1.95. The number of amides is 1. The molecule has 8 nitrogen and oxygen atoms in total. The summed E-state index contributed by atoms with van der Waals surface area (Å²) in [6.45, 7) is 3.77. The van der Waals surface area contributed by atoms with E-state index < -0.39 is 10.0 Å². The number of sulfonamides is 1. The molecule has 4 rings (SSSR count).